The van der Waals surface area contributed by atoms with Crippen molar-refractivity contribution >= 4 is 17.5 Å². The number of hydrogen-bond donors (Lipinski definition) is 1. The number of carbonyl (C=O) groups is 2. The molecular formula is C24H29N3O2. The third kappa shape index (κ3) is 4.35. The molecule has 1 N–H and O–H groups in total. The molecule has 5 heteroatoms. The highest BCUT2D eigenvalue weighted by molar-refractivity contribution is 5.98. The number of nitrogens with zero attached hydrogens (tertiary/aromatic N) is 2. The Morgan fingerprint density at radius 3 is 2.41 bits per heavy atom. The van der Waals surface area contributed by atoms with E-state index in [0.29, 0.717) is 5.56 Å². The summed E-state index contributed by atoms with van der Waals surface area (Å²) in [7, 11) is 0. The van der Waals surface area contributed by atoms with Crippen molar-refractivity contribution in [2.24, 2.45) is 0 Å². The van der Waals surface area contributed by atoms with E-state index in [1.165, 1.54) is 5.56 Å². The van der Waals surface area contributed by atoms with Crippen LogP contribution in [0, 0.1) is 0 Å². The number of likely N-dealkylation sites (tertiary alicyclic amines) is 1. The predicted molar refractivity (Wildman–Crippen MR) is 115 cm³/mol. The molecule has 0 unspecified atom stereocenters. The molecule has 0 aliphatic carbocycles. The van der Waals surface area contributed by atoms with E-state index in [0.717, 1.165) is 51.0 Å². The van der Waals surface area contributed by atoms with Crippen molar-refractivity contribution in [1.82, 2.24) is 10.2 Å². The van der Waals surface area contributed by atoms with Crippen LogP contribution in [0.2, 0.25) is 0 Å². The predicted octanol–water partition coefficient (Wildman–Crippen LogP) is 3.25. The molecule has 2 aromatic carbocycles. The van der Waals surface area contributed by atoms with E-state index in [1.54, 1.807) is 0 Å². The Morgan fingerprint density at radius 2 is 1.66 bits per heavy atom. The number of benzene rings is 2. The zero-order chi connectivity index (χ0) is 20.2. The number of fused-ring (bicyclic) bond motifs is 1. The summed E-state index contributed by atoms with van der Waals surface area (Å²) in [5, 5.41) is 3.14. The van der Waals surface area contributed by atoms with Gasteiger partial charge in [-0.25, -0.2) is 0 Å². The van der Waals surface area contributed by atoms with Gasteiger partial charge < -0.3 is 10.2 Å². The maximum Gasteiger partial charge on any atom is 0.251 e. The summed E-state index contributed by atoms with van der Waals surface area (Å²) < 4.78 is 0. The molecule has 0 radical (unpaired) electrons. The number of anilines is 1. The van der Waals surface area contributed by atoms with E-state index in [2.05, 4.69) is 22.3 Å². The minimum absolute atomic E-state index is 0.0156. The minimum Gasteiger partial charge on any atom is -0.349 e. The van der Waals surface area contributed by atoms with Crippen LogP contribution in [0.25, 0.3) is 0 Å². The lowest BCUT2D eigenvalue weighted by Crippen LogP contribution is -2.53. The first kappa shape index (κ1) is 19.6. The van der Waals surface area contributed by atoms with E-state index in [9.17, 15) is 9.59 Å². The van der Waals surface area contributed by atoms with Crippen LogP contribution in [0.15, 0.2) is 54.6 Å². The average Bonchev–Trinajstić information content (AvgIpc) is 2.79. The van der Waals surface area contributed by atoms with Crippen LogP contribution in [0.1, 0.15) is 42.1 Å². The molecule has 0 aromatic heterocycles. The normalized spacial score (nSPS) is 18.7. The van der Waals surface area contributed by atoms with Gasteiger partial charge >= 0.3 is 0 Å². The summed E-state index contributed by atoms with van der Waals surface area (Å²) in [5.41, 5.74) is 3.03. The first-order valence-corrected chi connectivity index (χ1v) is 10.6. The van der Waals surface area contributed by atoms with Crippen LogP contribution in [0.3, 0.4) is 0 Å². The molecule has 0 bridgehead atoms. The monoisotopic (exact) mass is 391 g/mol. The molecule has 0 saturated carbocycles. The van der Waals surface area contributed by atoms with Gasteiger partial charge in [-0.2, -0.15) is 0 Å². The molecule has 2 aromatic rings. The SMILES string of the molecule is C[C@H](C(=O)N1CCCc2ccccc21)N1CCC(NC(=O)c2ccccc2)CC1. The van der Waals surface area contributed by atoms with Gasteiger partial charge in [-0.15, -0.1) is 0 Å². The summed E-state index contributed by atoms with van der Waals surface area (Å²) >= 11 is 0. The standard InChI is InChI=1S/C24H29N3O2/c1-18(24(29)27-15-7-11-19-8-5-6-12-22(19)27)26-16-13-21(14-17-26)25-23(28)20-9-3-2-4-10-20/h2-6,8-10,12,18,21H,7,11,13-17H2,1H3,(H,25,28)/t18-/m1/s1. The lowest BCUT2D eigenvalue weighted by molar-refractivity contribution is -0.123. The average molecular weight is 392 g/mol. The Kier molecular flexibility index (Phi) is 5.95. The fraction of sp³-hybridized carbons (Fsp3) is 0.417. The largest absolute Gasteiger partial charge is 0.349 e. The number of amides is 2. The van der Waals surface area contributed by atoms with Gasteiger partial charge in [0.15, 0.2) is 0 Å². The second kappa shape index (κ2) is 8.78. The molecule has 1 fully saturated rings. The van der Waals surface area contributed by atoms with Gasteiger partial charge in [0.2, 0.25) is 5.91 Å². The van der Waals surface area contributed by atoms with Gasteiger partial charge in [0.25, 0.3) is 5.91 Å². The Hall–Kier alpha value is -2.66. The van der Waals surface area contributed by atoms with Crippen LogP contribution >= 0.6 is 0 Å². The quantitative estimate of drug-likeness (QED) is 0.871. The fourth-order valence-electron chi connectivity index (χ4n) is 4.43. The molecule has 2 amide bonds. The summed E-state index contributed by atoms with van der Waals surface area (Å²) in [6.07, 6.45) is 3.80. The summed E-state index contributed by atoms with van der Waals surface area (Å²) in [5.74, 6) is 0.169. The Balaban J connectivity index is 1.33. The van der Waals surface area contributed by atoms with E-state index in [-0.39, 0.29) is 23.9 Å². The first-order valence-electron chi connectivity index (χ1n) is 10.6. The maximum absolute atomic E-state index is 13.2. The van der Waals surface area contributed by atoms with Gasteiger partial charge in [0.1, 0.15) is 0 Å². The van der Waals surface area contributed by atoms with Crippen LogP contribution in [-0.2, 0) is 11.2 Å². The topological polar surface area (TPSA) is 52.7 Å². The number of piperidine rings is 1. The lowest BCUT2D eigenvalue weighted by Gasteiger charge is -2.39. The van der Waals surface area contributed by atoms with Crippen LogP contribution in [-0.4, -0.2) is 48.4 Å². The third-order valence-corrected chi connectivity index (χ3v) is 6.18. The Bertz CT molecular complexity index is 859. The van der Waals surface area contributed by atoms with Crippen molar-refractivity contribution in [2.45, 2.75) is 44.7 Å². The minimum atomic E-state index is -0.146. The molecular weight excluding hydrogens is 362 g/mol. The number of aryl methyl sites for hydroxylation is 1. The van der Waals surface area contributed by atoms with Crippen molar-refractivity contribution in [3.05, 3.63) is 65.7 Å². The Labute approximate surface area is 172 Å². The van der Waals surface area contributed by atoms with Gasteiger partial charge in [0.05, 0.1) is 6.04 Å². The van der Waals surface area contributed by atoms with E-state index in [4.69, 9.17) is 0 Å². The molecule has 1 saturated heterocycles. The van der Waals surface area contributed by atoms with Crippen LogP contribution in [0.4, 0.5) is 5.69 Å². The molecule has 2 heterocycles. The van der Waals surface area contributed by atoms with Gasteiger partial charge in [-0.1, -0.05) is 36.4 Å². The second-order valence-corrected chi connectivity index (χ2v) is 8.05. The highest BCUT2D eigenvalue weighted by Gasteiger charge is 2.32. The second-order valence-electron chi connectivity index (χ2n) is 8.05. The smallest absolute Gasteiger partial charge is 0.251 e. The molecule has 5 nitrogen and oxygen atoms in total. The zero-order valence-electron chi connectivity index (χ0n) is 17.0. The van der Waals surface area contributed by atoms with Crippen molar-refractivity contribution < 1.29 is 9.59 Å². The van der Waals surface area contributed by atoms with Crippen molar-refractivity contribution in [1.29, 1.82) is 0 Å². The van der Waals surface area contributed by atoms with Crippen LogP contribution in [0.5, 0.6) is 0 Å². The Morgan fingerprint density at radius 1 is 0.966 bits per heavy atom. The molecule has 2 aliphatic rings. The number of hydrogen-bond acceptors (Lipinski definition) is 3. The summed E-state index contributed by atoms with van der Waals surface area (Å²) in [6, 6.07) is 17.6. The molecule has 4 rings (SSSR count). The first-order chi connectivity index (χ1) is 14.1. The molecule has 0 spiro atoms. The lowest BCUT2D eigenvalue weighted by atomic mass is 9.99. The molecule has 29 heavy (non-hydrogen) atoms. The fourth-order valence-corrected chi connectivity index (χ4v) is 4.43. The number of carbonyl (C=O) groups excluding carboxylic acids is 2. The number of nitrogens with one attached hydrogen (secondary N) is 1. The number of rotatable bonds is 4. The van der Waals surface area contributed by atoms with Gasteiger partial charge in [-0.3, -0.25) is 14.5 Å². The van der Waals surface area contributed by atoms with Gasteiger partial charge in [0, 0.05) is 36.9 Å². The molecule has 2 aliphatic heterocycles. The highest BCUT2D eigenvalue weighted by Crippen LogP contribution is 2.28. The summed E-state index contributed by atoms with van der Waals surface area (Å²) in [6.45, 7) is 4.45. The third-order valence-electron chi connectivity index (χ3n) is 6.18. The number of para-hydroxylation sites is 1. The van der Waals surface area contributed by atoms with Crippen molar-refractivity contribution in [3.63, 3.8) is 0 Å². The summed E-state index contributed by atoms with van der Waals surface area (Å²) in [4.78, 5) is 29.8. The van der Waals surface area contributed by atoms with E-state index < -0.39 is 0 Å². The maximum atomic E-state index is 13.2. The van der Waals surface area contributed by atoms with Crippen molar-refractivity contribution in [2.75, 3.05) is 24.5 Å². The molecule has 1 atom stereocenters. The van der Waals surface area contributed by atoms with Crippen molar-refractivity contribution in [3.8, 4) is 0 Å². The zero-order valence-corrected chi connectivity index (χ0v) is 17.0. The highest BCUT2D eigenvalue weighted by atomic mass is 16.2. The van der Waals surface area contributed by atoms with Crippen LogP contribution < -0.4 is 10.2 Å². The van der Waals surface area contributed by atoms with E-state index >= 15 is 0 Å². The van der Waals surface area contributed by atoms with Gasteiger partial charge in [-0.05, 0) is 56.4 Å². The van der Waals surface area contributed by atoms with E-state index in [1.807, 2.05) is 54.3 Å². The molecule has 152 valence electrons.